The highest BCUT2D eigenvalue weighted by Gasteiger charge is 2.24. The third-order valence-electron chi connectivity index (χ3n) is 5.53. The Hall–Kier alpha value is -1.00. The van der Waals surface area contributed by atoms with Gasteiger partial charge in [-0.1, -0.05) is 12.1 Å². The summed E-state index contributed by atoms with van der Waals surface area (Å²) in [6.45, 7) is 4.83. The zero-order valence-corrected chi connectivity index (χ0v) is 21.1. The number of thioether (sulfide) groups is 1. The van der Waals surface area contributed by atoms with Crippen molar-refractivity contribution in [2.24, 2.45) is 4.99 Å². The average Bonchev–Trinajstić information content (AvgIpc) is 3.42. The molecule has 8 heteroatoms. The predicted octanol–water partition coefficient (Wildman–Crippen LogP) is 3.55. The molecule has 0 radical (unpaired) electrons. The summed E-state index contributed by atoms with van der Waals surface area (Å²) in [6.07, 6.45) is 8.09. The van der Waals surface area contributed by atoms with Gasteiger partial charge in [0, 0.05) is 36.6 Å². The zero-order valence-electron chi connectivity index (χ0n) is 18.0. The lowest BCUT2D eigenvalue weighted by Crippen LogP contribution is -2.42. The van der Waals surface area contributed by atoms with Crippen LogP contribution in [-0.4, -0.2) is 55.2 Å². The molecular formula is C22H35IN4O2S. The second-order valence-corrected chi connectivity index (χ2v) is 8.89. The summed E-state index contributed by atoms with van der Waals surface area (Å²) in [4.78, 5) is 17.2. The summed E-state index contributed by atoms with van der Waals surface area (Å²) >= 11 is 1.96. The molecule has 0 spiro atoms. The van der Waals surface area contributed by atoms with Crippen LogP contribution in [0.4, 0.5) is 0 Å². The van der Waals surface area contributed by atoms with E-state index in [1.54, 1.807) is 0 Å². The Balaban J connectivity index is 0.00000320. The number of benzene rings is 1. The van der Waals surface area contributed by atoms with E-state index in [1.807, 2.05) is 36.0 Å². The van der Waals surface area contributed by atoms with Gasteiger partial charge in [0.25, 0.3) is 5.91 Å². The molecule has 1 aromatic rings. The van der Waals surface area contributed by atoms with Crippen LogP contribution >= 0.6 is 35.7 Å². The van der Waals surface area contributed by atoms with Crippen molar-refractivity contribution in [2.45, 2.75) is 63.0 Å². The smallest absolute Gasteiger partial charge is 0.251 e. The number of amides is 1. The summed E-state index contributed by atoms with van der Waals surface area (Å²) in [5.41, 5.74) is 1.70. The van der Waals surface area contributed by atoms with Crippen molar-refractivity contribution in [3.63, 3.8) is 0 Å². The maximum Gasteiger partial charge on any atom is 0.251 e. The molecule has 1 saturated carbocycles. The Labute approximate surface area is 201 Å². The highest BCUT2D eigenvalue weighted by molar-refractivity contribution is 14.0. The van der Waals surface area contributed by atoms with E-state index < -0.39 is 0 Å². The van der Waals surface area contributed by atoms with Crippen LogP contribution in [0.25, 0.3) is 0 Å². The average molecular weight is 547 g/mol. The minimum absolute atomic E-state index is 0. The monoisotopic (exact) mass is 546 g/mol. The van der Waals surface area contributed by atoms with E-state index in [1.165, 1.54) is 19.3 Å². The number of guanidine groups is 1. The van der Waals surface area contributed by atoms with Crippen LogP contribution in [0.2, 0.25) is 0 Å². The fraction of sp³-hybridized carbons (Fsp3) is 0.636. The van der Waals surface area contributed by atoms with E-state index in [9.17, 15) is 4.79 Å². The zero-order chi connectivity index (χ0) is 20.5. The number of rotatable bonds is 8. The van der Waals surface area contributed by atoms with Crippen molar-refractivity contribution in [1.82, 2.24) is 16.0 Å². The number of ether oxygens (including phenoxy) is 1. The maximum absolute atomic E-state index is 12.5. The third kappa shape index (κ3) is 7.92. The lowest BCUT2D eigenvalue weighted by molar-refractivity contribution is 0.0857. The molecule has 0 bridgehead atoms. The molecule has 1 heterocycles. The van der Waals surface area contributed by atoms with Crippen molar-refractivity contribution in [2.75, 3.05) is 26.0 Å². The van der Waals surface area contributed by atoms with Crippen LogP contribution in [0.3, 0.4) is 0 Å². The van der Waals surface area contributed by atoms with Gasteiger partial charge in [-0.3, -0.25) is 4.79 Å². The molecule has 3 unspecified atom stereocenters. The first-order valence-electron chi connectivity index (χ1n) is 10.7. The molecule has 6 nitrogen and oxygen atoms in total. The lowest BCUT2D eigenvalue weighted by atomic mass is 10.1. The van der Waals surface area contributed by atoms with Crippen LogP contribution in [0.1, 0.15) is 54.9 Å². The second-order valence-electron chi connectivity index (χ2n) is 7.75. The van der Waals surface area contributed by atoms with Gasteiger partial charge in [-0.05, 0) is 63.0 Å². The quantitative estimate of drug-likeness (QED) is 0.264. The molecule has 0 aromatic heterocycles. The number of carbonyl (C=O) groups excluding carboxylic acids is 1. The van der Waals surface area contributed by atoms with Crippen LogP contribution in [0, 0.1) is 0 Å². The highest BCUT2D eigenvalue weighted by atomic mass is 127. The summed E-state index contributed by atoms with van der Waals surface area (Å²) in [6, 6.07) is 8.20. The van der Waals surface area contributed by atoms with Gasteiger partial charge in [0.2, 0.25) is 0 Å². The number of halogens is 1. The van der Waals surface area contributed by atoms with E-state index in [0.717, 1.165) is 42.8 Å². The Kier molecular flexibility index (Phi) is 11.3. The van der Waals surface area contributed by atoms with E-state index in [0.29, 0.717) is 24.7 Å². The molecule has 1 aromatic carbocycles. The fourth-order valence-corrected chi connectivity index (χ4v) is 4.69. The fourth-order valence-electron chi connectivity index (χ4n) is 3.89. The van der Waals surface area contributed by atoms with Crippen LogP contribution < -0.4 is 16.0 Å². The maximum atomic E-state index is 12.5. The summed E-state index contributed by atoms with van der Waals surface area (Å²) in [5, 5.41) is 10.6. The largest absolute Gasteiger partial charge is 0.376 e. The number of carbonyl (C=O) groups is 1. The SMILES string of the molecule is CCNC(=NCc1cccc(C(=O)NCC2CCCO2)c1)NC1CCC(SC)C1.I. The number of nitrogens with one attached hydrogen (secondary N) is 3. The first-order chi connectivity index (χ1) is 14.2. The van der Waals surface area contributed by atoms with Gasteiger partial charge in [0.1, 0.15) is 0 Å². The van der Waals surface area contributed by atoms with Crippen molar-refractivity contribution in [3.8, 4) is 0 Å². The van der Waals surface area contributed by atoms with E-state index in [-0.39, 0.29) is 36.0 Å². The first-order valence-corrected chi connectivity index (χ1v) is 12.0. The molecular weight excluding hydrogens is 511 g/mol. The van der Waals surface area contributed by atoms with Gasteiger partial charge >= 0.3 is 0 Å². The molecule has 2 aliphatic rings. The Morgan fingerprint density at radius 1 is 1.27 bits per heavy atom. The van der Waals surface area contributed by atoms with Crippen LogP contribution in [0.5, 0.6) is 0 Å². The van der Waals surface area contributed by atoms with Gasteiger partial charge in [-0.15, -0.1) is 24.0 Å². The van der Waals surface area contributed by atoms with Crippen molar-refractivity contribution < 1.29 is 9.53 Å². The van der Waals surface area contributed by atoms with Gasteiger partial charge < -0.3 is 20.7 Å². The molecule has 3 N–H and O–H groups in total. The van der Waals surface area contributed by atoms with Gasteiger partial charge in [0.15, 0.2) is 5.96 Å². The molecule has 1 amide bonds. The number of aliphatic imine (C=N–C) groups is 1. The van der Waals surface area contributed by atoms with Crippen LogP contribution in [0.15, 0.2) is 29.3 Å². The van der Waals surface area contributed by atoms with Crippen molar-refractivity contribution in [3.05, 3.63) is 35.4 Å². The van der Waals surface area contributed by atoms with Gasteiger partial charge in [-0.2, -0.15) is 11.8 Å². The normalized spacial score (nSPS) is 23.7. The Morgan fingerprint density at radius 3 is 2.83 bits per heavy atom. The molecule has 30 heavy (non-hydrogen) atoms. The van der Waals surface area contributed by atoms with Crippen LogP contribution in [-0.2, 0) is 11.3 Å². The van der Waals surface area contributed by atoms with Gasteiger partial charge in [0.05, 0.1) is 12.6 Å². The Morgan fingerprint density at radius 2 is 2.13 bits per heavy atom. The van der Waals surface area contributed by atoms with Crippen molar-refractivity contribution >= 4 is 47.6 Å². The first kappa shape index (κ1) is 25.3. The van der Waals surface area contributed by atoms with E-state index in [2.05, 4.69) is 29.1 Å². The summed E-state index contributed by atoms with van der Waals surface area (Å²) in [5.74, 6) is 0.804. The minimum atomic E-state index is -0.0505. The molecule has 168 valence electrons. The number of nitrogens with zero attached hydrogens (tertiary/aromatic N) is 1. The van der Waals surface area contributed by atoms with Gasteiger partial charge in [-0.25, -0.2) is 4.99 Å². The molecule has 3 rings (SSSR count). The Bertz CT molecular complexity index is 697. The minimum Gasteiger partial charge on any atom is -0.376 e. The molecule has 2 fully saturated rings. The summed E-state index contributed by atoms with van der Waals surface area (Å²) < 4.78 is 5.57. The molecule has 3 atom stereocenters. The molecule has 1 aliphatic carbocycles. The lowest BCUT2D eigenvalue weighted by Gasteiger charge is -2.17. The van der Waals surface area contributed by atoms with E-state index >= 15 is 0 Å². The second kappa shape index (κ2) is 13.4. The topological polar surface area (TPSA) is 74.8 Å². The van der Waals surface area contributed by atoms with Crippen molar-refractivity contribution in [1.29, 1.82) is 0 Å². The third-order valence-corrected chi connectivity index (χ3v) is 6.62. The highest BCUT2D eigenvalue weighted by Crippen LogP contribution is 2.28. The van der Waals surface area contributed by atoms with E-state index in [4.69, 9.17) is 9.73 Å². The molecule has 1 saturated heterocycles. The number of hydrogen-bond acceptors (Lipinski definition) is 4. The molecule has 1 aliphatic heterocycles. The number of hydrogen-bond donors (Lipinski definition) is 3. The standard InChI is InChI=1S/C22H34N4O2S.HI/c1-3-23-22(26-18-9-10-20(13-18)29-2)25-14-16-6-4-7-17(12-16)21(27)24-15-19-8-5-11-28-19;/h4,6-7,12,18-20H,3,5,8-11,13-15H2,1-2H3,(H,24,27)(H2,23,25,26);1H. The predicted molar refractivity (Wildman–Crippen MR) is 136 cm³/mol. The summed E-state index contributed by atoms with van der Waals surface area (Å²) in [7, 11) is 0.